The molecule has 26 heavy (non-hydrogen) atoms. The van der Waals surface area contributed by atoms with Crippen LogP contribution in [0.2, 0.25) is 5.02 Å². The Kier molecular flexibility index (Phi) is 4.14. The molecular weight excluding hydrogens is 372 g/mol. The van der Waals surface area contributed by atoms with Crippen LogP contribution < -0.4 is 4.72 Å². The molecule has 0 atom stereocenters. The van der Waals surface area contributed by atoms with E-state index < -0.39 is 10.0 Å². The zero-order chi connectivity index (χ0) is 18.1. The van der Waals surface area contributed by atoms with Crippen LogP contribution in [-0.4, -0.2) is 13.4 Å². The van der Waals surface area contributed by atoms with Gasteiger partial charge in [-0.15, -0.1) is 0 Å². The van der Waals surface area contributed by atoms with E-state index in [4.69, 9.17) is 16.0 Å². The highest BCUT2D eigenvalue weighted by Gasteiger charge is 2.15. The highest BCUT2D eigenvalue weighted by Crippen LogP contribution is 2.28. The van der Waals surface area contributed by atoms with Gasteiger partial charge in [-0.3, -0.25) is 4.72 Å². The van der Waals surface area contributed by atoms with Crippen LogP contribution >= 0.6 is 11.6 Å². The lowest BCUT2D eigenvalue weighted by Gasteiger charge is -2.08. The maximum absolute atomic E-state index is 12.5. The summed E-state index contributed by atoms with van der Waals surface area (Å²) in [5.41, 5.74) is 2.33. The summed E-state index contributed by atoms with van der Waals surface area (Å²) in [6.45, 7) is 0. The Morgan fingerprint density at radius 3 is 2.54 bits per heavy atom. The van der Waals surface area contributed by atoms with Gasteiger partial charge in [0.05, 0.1) is 4.90 Å². The van der Waals surface area contributed by atoms with Crippen LogP contribution in [0.4, 0.5) is 5.69 Å². The molecule has 0 saturated heterocycles. The Labute approximate surface area is 155 Å². The van der Waals surface area contributed by atoms with Gasteiger partial charge in [0.25, 0.3) is 10.0 Å². The van der Waals surface area contributed by atoms with Gasteiger partial charge in [-0.2, -0.15) is 0 Å². The summed E-state index contributed by atoms with van der Waals surface area (Å²) in [6.07, 6.45) is 0. The molecule has 3 aromatic carbocycles. The zero-order valence-corrected chi connectivity index (χ0v) is 15.0. The minimum atomic E-state index is -3.66. The normalized spacial score (nSPS) is 11.6. The van der Waals surface area contributed by atoms with Crippen LogP contribution in [0, 0.1) is 0 Å². The van der Waals surface area contributed by atoms with E-state index in [-0.39, 0.29) is 4.90 Å². The largest absolute Gasteiger partial charge is 0.436 e. The van der Waals surface area contributed by atoms with Crippen molar-refractivity contribution in [3.05, 3.63) is 77.8 Å². The van der Waals surface area contributed by atoms with Gasteiger partial charge < -0.3 is 4.42 Å². The van der Waals surface area contributed by atoms with Crippen molar-refractivity contribution in [2.45, 2.75) is 4.90 Å². The Balaban J connectivity index is 1.68. The lowest BCUT2D eigenvalue weighted by molar-refractivity contribution is 0.601. The Morgan fingerprint density at radius 2 is 1.73 bits per heavy atom. The standard InChI is InChI=1S/C19H13ClN2O3S/c20-14-9-10-18-17(12-14)21-19(25-18)13-5-4-6-15(11-13)22-26(23,24)16-7-2-1-3-8-16/h1-12,22H. The van der Waals surface area contributed by atoms with Gasteiger partial charge in [-0.1, -0.05) is 35.9 Å². The van der Waals surface area contributed by atoms with E-state index in [1.165, 1.54) is 12.1 Å². The van der Waals surface area contributed by atoms with Crippen LogP contribution in [0.25, 0.3) is 22.6 Å². The van der Waals surface area contributed by atoms with E-state index in [0.29, 0.717) is 33.3 Å². The second kappa shape index (κ2) is 6.48. The van der Waals surface area contributed by atoms with Crippen LogP contribution in [0.3, 0.4) is 0 Å². The van der Waals surface area contributed by atoms with E-state index in [2.05, 4.69) is 9.71 Å². The molecule has 0 saturated carbocycles. The average Bonchev–Trinajstić information content (AvgIpc) is 3.05. The molecule has 0 aliphatic rings. The van der Waals surface area contributed by atoms with Gasteiger partial charge in [0.2, 0.25) is 5.89 Å². The number of hydrogen-bond acceptors (Lipinski definition) is 4. The highest BCUT2D eigenvalue weighted by atomic mass is 35.5. The predicted molar refractivity (Wildman–Crippen MR) is 102 cm³/mol. The number of hydrogen-bond donors (Lipinski definition) is 1. The molecule has 0 aliphatic carbocycles. The van der Waals surface area contributed by atoms with Crippen molar-refractivity contribution in [3.8, 4) is 11.5 Å². The molecule has 4 rings (SSSR count). The zero-order valence-electron chi connectivity index (χ0n) is 13.4. The first-order valence-corrected chi connectivity index (χ1v) is 9.62. The fourth-order valence-electron chi connectivity index (χ4n) is 2.55. The average molecular weight is 385 g/mol. The number of halogens is 1. The van der Waals surface area contributed by atoms with E-state index in [9.17, 15) is 8.42 Å². The van der Waals surface area contributed by atoms with Crippen LogP contribution in [0.1, 0.15) is 0 Å². The third-order valence-electron chi connectivity index (χ3n) is 3.76. The van der Waals surface area contributed by atoms with Gasteiger partial charge in [-0.25, -0.2) is 13.4 Å². The molecular formula is C19H13ClN2O3S. The molecule has 7 heteroatoms. The number of anilines is 1. The summed E-state index contributed by atoms with van der Waals surface area (Å²) >= 11 is 5.97. The van der Waals surface area contributed by atoms with Crippen LogP contribution in [-0.2, 0) is 10.0 Å². The second-order valence-corrected chi connectivity index (χ2v) is 7.75. The minimum Gasteiger partial charge on any atom is -0.436 e. The molecule has 0 aliphatic heterocycles. The van der Waals surface area contributed by atoms with Gasteiger partial charge in [0.1, 0.15) is 5.52 Å². The number of nitrogens with zero attached hydrogens (tertiary/aromatic N) is 1. The quantitative estimate of drug-likeness (QED) is 0.540. The molecule has 0 radical (unpaired) electrons. The molecule has 4 aromatic rings. The number of benzene rings is 3. The molecule has 1 heterocycles. The fourth-order valence-corrected chi connectivity index (χ4v) is 3.79. The summed E-state index contributed by atoms with van der Waals surface area (Å²) in [6, 6.07) is 20.3. The number of oxazole rings is 1. The number of aromatic nitrogens is 1. The van der Waals surface area contributed by atoms with Crippen molar-refractivity contribution >= 4 is 38.4 Å². The first-order chi connectivity index (χ1) is 12.5. The third kappa shape index (κ3) is 3.29. The lowest BCUT2D eigenvalue weighted by Crippen LogP contribution is -2.12. The van der Waals surface area contributed by atoms with Crippen molar-refractivity contribution in [3.63, 3.8) is 0 Å². The van der Waals surface area contributed by atoms with E-state index in [1.807, 2.05) is 0 Å². The maximum atomic E-state index is 12.5. The number of rotatable bonds is 4. The smallest absolute Gasteiger partial charge is 0.261 e. The minimum absolute atomic E-state index is 0.196. The van der Waals surface area contributed by atoms with E-state index >= 15 is 0 Å². The van der Waals surface area contributed by atoms with Crippen molar-refractivity contribution in [1.82, 2.24) is 4.98 Å². The van der Waals surface area contributed by atoms with Gasteiger partial charge >= 0.3 is 0 Å². The molecule has 130 valence electrons. The van der Waals surface area contributed by atoms with E-state index in [0.717, 1.165) is 0 Å². The molecule has 5 nitrogen and oxygen atoms in total. The molecule has 0 unspecified atom stereocenters. The maximum Gasteiger partial charge on any atom is 0.261 e. The first kappa shape index (κ1) is 16.6. The van der Waals surface area contributed by atoms with Crippen molar-refractivity contribution in [2.75, 3.05) is 4.72 Å². The molecule has 1 aromatic heterocycles. The van der Waals surface area contributed by atoms with Crippen LogP contribution in [0.5, 0.6) is 0 Å². The number of sulfonamides is 1. The van der Waals surface area contributed by atoms with Crippen molar-refractivity contribution in [2.24, 2.45) is 0 Å². The molecule has 0 fully saturated rings. The van der Waals surface area contributed by atoms with Crippen molar-refractivity contribution < 1.29 is 12.8 Å². The lowest BCUT2D eigenvalue weighted by atomic mass is 10.2. The topological polar surface area (TPSA) is 72.2 Å². The fraction of sp³-hybridized carbons (Fsp3) is 0. The van der Waals surface area contributed by atoms with Gasteiger partial charge in [-0.05, 0) is 48.5 Å². The molecule has 0 bridgehead atoms. The van der Waals surface area contributed by atoms with Crippen LogP contribution in [0.15, 0.2) is 82.1 Å². The Morgan fingerprint density at radius 1 is 0.923 bits per heavy atom. The molecule has 0 spiro atoms. The third-order valence-corrected chi connectivity index (χ3v) is 5.40. The predicted octanol–water partition coefficient (Wildman–Crippen LogP) is 4.95. The van der Waals surface area contributed by atoms with Gasteiger partial charge in [0, 0.05) is 16.3 Å². The number of fused-ring (bicyclic) bond motifs is 1. The molecule has 1 N–H and O–H groups in total. The van der Waals surface area contributed by atoms with Gasteiger partial charge in [0.15, 0.2) is 5.58 Å². The monoisotopic (exact) mass is 384 g/mol. The SMILES string of the molecule is O=S(=O)(Nc1cccc(-c2nc3cc(Cl)ccc3o2)c1)c1ccccc1. The summed E-state index contributed by atoms with van der Waals surface area (Å²) in [7, 11) is -3.66. The Bertz CT molecular complexity index is 1190. The second-order valence-electron chi connectivity index (χ2n) is 5.63. The molecule has 0 amide bonds. The number of nitrogens with one attached hydrogen (secondary N) is 1. The Hall–Kier alpha value is -2.83. The van der Waals surface area contributed by atoms with E-state index in [1.54, 1.807) is 60.7 Å². The van der Waals surface area contributed by atoms with Crippen molar-refractivity contribution in [1.29, 1.82) is 0 Å². The summed E-state index contributed by atoms with van der Waals surface area (Å²) < 4.78 is 33.2. The highest BCUT2D eigenvalue weighted by molar-refractivity contribution is 7.92. The first-order valence-electron chi connectivity index (χ1n) is 7.76. The summed E-state index contributed by atoms with van der Waals surface area (Å²) in [5.74, 6) is 0.392. The summed E-state index contributed by atoms with van der Waals surface area (Å²) in [5, 5.41) is 0.571. The summed E-state index contributed by atoms with van der Waals surface area (Å²) in [4.78, 5) is 4.61.